The van der Waals surface area contributed by atoms with Crippen LogP contribution in [0, 0.1) is 0 Å². The topological polar surface area (TPSA) is 181 Å². The predicted molar refractivity (Wildman–Crippen MR) is 166 cm³/mol. The number of nitrogens with zero attached hydrogens (tertiary/aromatic N) is 3. The van der Waals surface area contributed by atoms with E-state index in [0.717, 1.165) is 31.4 Å². The fourth-order valence-corrected chi connectivity index (χ4v) is 8.28. The van der Waals surface area contributed by atoms with E-state index in [4.69, 9.17) is 22.8 Å². The number of anilines is 1. The Morgan fingerprint density at radius 1 is 1.10 bits per heavy atom. The Morgan fingerprint density at radius 2 is 1.73 bits per heavy atom. The van der Waals surface area contributed by atoms with Crippen LogP contribution in [0.15, 0.2) is 30.5 Å². The maximum absolute atomic E-state index is 13.8. The van der Waals surface area contributed by atoms with Crippen LogP contribution in [0.25, 0.3) is 10.9 Å². The average Bonchev–Trinajstić information content (AvgIpc) is 2.88. The van der Waals surface area contributed by atoms with Gasteiger partial charge in [0, 0.05) is 34.8 Å². The second-order valence-electron chi connectivity index (χ2n) is 9.42. The van der Waals surface area contributed by atoms with E-state index in [1.807, 2.05) is 6.92 Å². The third-order valence-electron chi connectivity index (χ3n) is 6.43. The summed E-state index contributed by atoms with van der Waals surface area (Å²) >= 11 is 11.7. The minimum atomic E-state index is -5.31. The summed E-state index contributed by atoms with van der Waals surface area (Å²) in [6, 6.07) is 6.76. The van der Waals surface area contributed by atoms with Crippen molar-refractivity contribution in [1.82, 2.24) is 15.2 Å². The van der Waals surface area contributed by atoms with Crippen LogP contribution in [0.5, 0.6) is 0 Å². The highest BCUT2D eigenvalue weighted by atomic mass is 35.5. The Morgan fingerprint density at radius 3 is 2.32 bits per heavy atom. The van der Waals surface area contributed by atoms with E-state index in [2.05, 4.69) is 23.7 Å². The van der Waals surface area contributed by atoms with E-state index < -0.39 is 36.1 Å². The van der Waals surface area contributed by atoms with Crippen LogP contribution < -0.4 is 10.2 Å². The van der Waals surface area contributed by atoms with Crippen molar-refractivity contribution < 1.29 is 38.3 Å². The molecule has 2 atom stereocenters. The number of fused-ring (bicyclic) bond motifs is 1. The molecule has 17 heteroatoms. The predicted octanol–water partition coefficient (Wildman–Crippen LogP) is 3.94. The highest BCUT2D eigenvalue weighted by Crippen LogP contribution is 2.58. The molecule has 41 heavy (non-hydrogen) atoms. The molecule has 1 aromatic heterocycles. The number of aromatic nitrogens is 1. The van der Waals surface area contributed by atoms with Crippen molar-refractivity contribution >= 4 is 75.2 Å². The molecule has 0 spiro atoms. The lowest BCUT2D eigenvalue weighted by Gasteiger charge is -2.31. The summed E-state index contributed by atoms with van der Waals surface area (Å²) in [7, 11) is -11.9. The third-order valence-corrected chi connectivity index (χ3v) is 12.2. The van der Waals surface area contributed by atoms with Gasteiger partial charge < -0.3 is 29.8 Å². The molecule has 0 aliphatic heterocycles. The number of carbonyl (C=O) groups excluding carboxylic acids is 2. The number of rotatable bonds is 15. The number of amides is 2. The van der Waals surface area contributed by atoms with E-state index in [-0.39, 0.29) is 29.9 Å². The molecule has 0 aliphatic carbocycles. The van der Waals surface area contributed by atoms with Crippen molar-refractivity contribution in [3.8, 4) is 0 Å². The molecule has 0 fully saturated rings. The molecule has 2 unspecified atom stereocenters. The number of halogens is 1. The summed E-state index contributed by atoms with van der Waals surface area (Å²) in [5, 5.41) is 2.64. The highest BCUT2D eigenvalue weighted by Gasteiger charge is 2.44. The summed E-state index contributed by atoms with van der Waals surface area (Å²) < 4.78 is 22.8. The van der Waals surface area contributed by atoms with Crippen molar-refractivity contribution in [3.05, 3.63) is 35.5 Å². The lowest BCUT2D eigenvalue weighted by molar-refractivity contribution is -0.121. The van der Waals surface area contributed by atoms with Gasteiger partial charge in [0.2, 0.25) is 11.4 Å². The largest absolute Gasteiger partial charge is 0.360 e. The number of pyridine rings is 1. The van der Waals surface area contributed by atoms with Crippen LogP contribution in [-0.4, -0.2) is 77.6 Å². The summed E-state index contributed by atoms with van der Waals surface area (Å²) in [6.07, 6.45) is 2.89. The van der Waals surface area contributed by atoms with Gasteiger partial charge in [0.15, 0.2) is 0 Å². The van der Waals surface area contributed by atoms with Crippen LogP contribution in [-0.2, 0) is 34.6 Å². The smallest absolute Gasteiger partial charge is 0.332 e. The van der Waals surface area contributed by atoms with Crippen molar-refractivity contribution in [2.24, 2.45) is 0 Å². The van der Waals surface area contributed by atoms with Gasteiger partial charge >= 0.3 is 15.2 Å². The van der Waals surface area contributed by atoms with Crippen LogP contribution >= 0.6 is 26.8 Å². The van der Waals surface area contributed by atoms with Gasteiger partial charge in [-0.25, -0.2) is 0 Å². The van der Waals surface area contributed by atoms with Crippen LogP contribution in [0.3, 0.4) is 0 Å². The second-order valence-corrected chi connectivity index (χ2v) is 16.3. The zero-order chi connectivity index (χ0) is 31.0. The second kappa shape index (κ2) is 16.0. The van der Waals surface area contributed by atoms with Gasteiger partial charge in [0.1, 0.15) is 0 Å². The minimum Gasteiger partial charge on any atom is -0.332 e. The van der Waals surface area contributed by atoms with Gasteiger partial charge in [-0.3, -0.25) is 28.6 Å². The molecule has 0 aliphatic rings. The van der Waals surface area contributed by atoms with Gasteiger partial charge in [0.05, 0.1) is 11.2 Å². The highest BCUT2D eigenvalue weighted by molar-refractivity contribution is 8.37. The summed E-state index contributed by atoms with van der Waals surface area (Å²) in [4.78, 5) is 71.2. The van der Waals surface area contributed by atoms with Crippen LogP contribution in [0.4, 0.5) is 10.5 Å². The van der Waals surface area contributed by atoms with Crippen molar-refractivity contribution in [3.63, 3.8) is 0 Å². The Labute approximate surface area is 251 Å². The molecular weight excluding hydrogens is 634 g/mol. The molecule has 0 radical (unpaired) electrons. The zero-order valence-electron chi connectivity index (χ0n) is 23.1. The maximum Gasteiger partial charge on any atom is 0.360 e. The summed E-state index contributed by atoms with van der Waals surface area (Å²) in [6.45, 7) is 8.88. The first-order valence-electron chi connectivity index (χ1n) is 13.0. The average molecular weight is 671 g/mol. The summed E-state index contributed by atoms with van der Waals surface area (Å²) in [5.74, 6) is -0.866. The molecule has 1 heterocycles. The first kappa shape index (κ1) is 35.9. The molecule has 5 N–H and O–H groups in total. The Bertz CT molecular complexity index is 1320. The van der Waals surface area contributed by atoms with Gasteiger partial charge in [-0.05, 0) is 90.7 Å². The van der Waals surface area contributed by atoms with Gasteiger partial charge in [-0.1, -0.05) is 25.4 Å². The molecule has 0 saturated carbocycles. The van der Waals surface area contributed by atoms with Crippen molar-refractivity contribution in [2.45, 2.75) is 58.0 Å². The summed E-state index contributed by atoms with van der Waals surface area (Å²) in [5.41, 5.74) is -1.38. The number of benzene rings is 1. The fourth-order valence-electron chi connectivity index (χ4n) is 4.25. The number of carbonyl (C=O) groups is 2. The molecule has 2 amide bonds. The zero-order valence-corrected chi connectivity index (χ0v) is 27.2. The number of hydrogen-bond acceptors (Lipinski definition) is 7. The molecule has 12 nitrogen and oxygen atoms in total. The third kappa shape index (κ3) is 10.7. The van der Waals surface area contributed by atoms with Gasteiger partial charge in [0.25, 0.3) is 5.24 Å². The monoisotopic (exact) mass is 670 g/mol. The van der Waals surface area contributed by atoms with E-state index in [1.165, 1.54) is 0 Å². The number of nitrogens with one attached hydrogen (secondary N) is 1. The molecule has 2 aromatic rings. The van der Waals surface area contributed by atoms with Crippen molar-refractivity contribution in [2.75, 3.05) is 30.3 Å². The lowest BCUT2D eigenvalue weighted by atomic mass is 10.1. The molecule has 2 rings (SSSR count). The Kier molecular flexibility index (Phi) is 14.0. The van der Waals surface area contributed by atoms with E-state index in [1.54, 1.807) is 40.7 Å². The fraction of sp³-hybridized carbons (Fsp3) is 0.542. The van der Waals surface area contributed by atoms with Gasteiger partial charge in [-0.2, -0.15) is 0 Å². The normalized spacial score (nSPS) is 13.9. The van der Waals surface area contributed by atoms with Gasteiger partial charge in [-0.15, -0.1) is 0 Å². The molecule has 0 saturated heterocycles. The van der Waals surface area contributed by atoms with E-state index >= 15 is 0 Å². The molecular formula is C24H37ClN4O8P2S2. The first-order chi connectivity index (χ1) is 19.1. The molecule has 230 valence electrons. The van der Waals surface area contributed by atoms with E-state index in [0.29, 0.717) is 22.6 Å². The first-order valence-corrected chi connectivity index (χ1v) is 19.0. The standard InChI is InChI=1S/C24H37ClN4O8P2S2/c1-4-28(5-2)14-6-8-17(3)29(21-12-13-26-20-16-18(25)10-11-19(20)21)24(31)41(40)15-7-9-22(30)27-23(38(32,33)34)39(35,36)37/h10-13,16-17,23H,4-9,14-15H2,1-3H3,(H,27,30)(H2,32,33,34)(H2,35,36,37). The molecule has 1 aromatic carbocycles. The van der Waals surface area contributed by atoms with Crippen molar-refractivity contribution in [1.29, 1.82) is 0 Å². The minimum absolute atomic E-state index is 0.0656. The lowest BCUT2D eigenvalue weighted by Crippen LogP contribution is -2.41. The SMILES string of the molecule is CCN(CC)CCCC(C)N(C(=O)S(=S)CCCC(=O)NC(P(=O)(O)O)P(=O)(O)O)c1ccnc2cc(Cl)ccc12. The molecule has 0 bridgehead atoms. The van der Waals surface area contributed by atoms with Crippen LogP contribution in [0.2, 0.25) is 5.02 Å². The maximum atomic E-state index is 13.8. The number of hydrogen-bond donors (Lipinski definition) is 5. The Balaban J connectivity index is 2.21. The quantitative estimate of drug-likeness (QED) is 0.173. The van der Waals surface area contributed by atoms with E-state index in [9.17, 15) is 38.3 Å². The Hall–Kier alpha value is -1.31. The van der Waals surface area contributed by atoms with Crippen LogP contribution in [0.1, 0.15) is 46.5 Å².